The van der Waals surface area contributed by atoms with Crippen LogP contribution in [0.5, 0.6) is 0 Å². The number of hydrogen-bond donors (Lipinski definition) is 3. The van der Waals surface area contributed by atoms with Gasteiger partial charge in [0, 0.05) is 30.5 Å². The minimum atomic E-state index is -0.714. The number of carbonyl (C=O) groups excluding carboxylic acids is 2. The summed E-state index contributed by atoms with van der Waals surface area (Å²) < 4.78 is 1.96. The SMILES string of the molecule is NC(=O)N[C@@H](CC(=O)NCc1ccccc1Cn1ccnc1)c1ccccc1Cl. The Bertz CT molecular complexity index is 975. The lowest BCUT2D eigenvalue weighted by molar-refractivity contribution is -0.121. The fraction of sp³-hybridized carbons (Fsp3) is 0.190. The highest BCUT2D eigenvalue weighted by atomic mass is 35.5. The summed E-state index contributed by atoms with van der Waals surface area (Å²) >= 11 is 6.22. The molecule has 3 aromatic rings. The second-order valence-electron chi connectivity index (χ2n) is 6.57. The third-order valence-electron chi connectivity index (χ3n) is 4.49. The van der Waals surface area contributed by atoms with E-state index in [-0.39, 0.29) is 12.3 Å². The number of hydrogen-bond acceptors (Lipinski definition) is 3. The normalized spacial score (nSPS) is 11.6. The van der Waals surface area contributed by atoms with E-state index in [2.05, 4.69) is 15.6 Å². The van der Waals surface area contributed by atoms with Gasteiger partial charge in [-0.1, -0.05) is 54.1 Å². The van der Waals surface area contributed by atoms with Crippen molar-refractivity contribution < 1.29 is 9.59 Å². The first kappa shape index (κ1) is 20.4. The molecule has 0 unspecified atom stereocenters. The highest BCUT2D eigenvalue weighted by Gasteiger charge is 2.19. The fourth-order valence-corrected chi connectivity index (χ4v) is 3.35. The number of aromatic nitrogens is 2. The molecule has 0 fully saturated rings. The zero-order valence-corrected chi connectivity index (χ0v) is 16.5. The highest BCUT2D eigenvalue weighted by Crippen LogP contribution is 2.25. The van der Waals surface area contributed by atoms with Crippen LogP contribution in [0.25, 0.3) is 0 Å². The maximum absolute atomic E-state index is 12.6. The number of primary amides is 1. The maximum atomic E-state index is 12.6. The Balaban J connectivity index is 1.65. The van der Waals surface area contributed by atoms with Crippen molar-refractivity contribution >= 4 is 23.5 Å². The average molecular weight is 412 g/mol. The van der Waals surface area contributed by atoms with Crippen LogP contribution in [0.3, 0.4) is 0 Å². The number of imidazole rings is 1. The molecule has 150 valence electrons. The molecule has 0 aliphatic heterocycles. The van der Waals surface area contributed by atoms with Gasteiger partial charge in [-0.25, -0.2) is 9.78 Å². The number of amides is 3. The zero-order chi connectivity index (χ0) is 20.6. The number of nitrogens with one attached hydrogen (secondary N) is 2. The summed E-state index contributed by atoms with van der Waals surface area (Å²) in [7, 11) is 0. The van der Waals surface area contributed by atoms with Crippen molar-refractivity contribution in [3.05, 3.63) is 89.0 Å². The lowest BCUT2D eigenvalue weighted by Gasteiger charge is -2.19. The van der Waals surface area contributed by atoms with Crippen molar-refractivity contribution in [3.63, 3.8) is 0 Å². The molecular formula is C21H22ClN5O2. The first-order valence-electron chi connectivity index (χ1n) is 9.12. The Kier molecular flexibility index (Phi) is 6.86. The van der Waals surface area contributed by atoms with Crippen LogP contribution in [0, 0.1) is 0 Å². The van der Waals surface area contributed by atoms with Crippen LogP contribution in [-0.2, 0) is 17.9 Å². The van der Waals surface area contributed by atoms with Crippen molar-refractivity contribution in [2.45, 2.75) is 25.6 Å². The van der Waals surface area contributed by atoms with Crippen molar-refractivity contribution in [1.29, 1.82) is 0 Å². The third-order valence-corrected chi connectivity index (χ3v) is 4.84. The molecule has 1 atom stereocenters. The van der Waals surface area contributed by atoms with E-state index in [1.54, 1.807) is 36.8 Å². The monoisotopic (exact) mass is 411 g/mol. The number of halogens is 1. The molecule has 0 bridgehead atoms. The quantitative estimate of drug-likeness (QED) is 0.531. The van der Waals surface area contributed by atoms with Gasteiger partial charge in [-0.05, 0) is 22.8 Å². The zero-order valence-electron chi connectivity index (χ0n) is 15.7. The predicted octanol–water partition coefficient (Wildman–Crippen LogP) is 3.00. The molecule has 0 saturated carbocycles. The van der Waals surface area contributed by atoms with Gasteiger partial charge in [0.15, 0.2) is 0 Å². The molecule has 0 spiro atoms. The highest BCUT2D eigenvalue weighted by molar-refractivity contribution is 6.31. The minimum Gasteiger partial charge on any atom is -0.352 e. The average Bonchev–Trinajstić information content (AvgIpc) is 3.20. The van der Waals surface area contributed by atoms with Gasteiger partial charge in [0.05, 0.1) is 18.8 Å². The van der Waals surface area contributed by atoms with E-state index in [1.807, 2.05) is 35.0 Å². The Labute approximate surface area is 173 Å². The lowest BCUT2D eigenvalue weighted by atomic mass is 10.0. The van der Waals surface area contributed by atoms with Crippen LogP contribution in [-0.4, -0.2) is 21.5 Å². The molecule has 0 aliphatic carbocycles. The standard InChI is InChI=1S/C21H22ClN5O2/c22-18-8-4-3-7-17(18)19(26-21(23)29)11-20(28)25-12-15-5-1-2-6-16(15)13-27-10-9-24-14-27/h1-10,14,19H,11-13H2,(H,25,28)(H3,23,26,29)/t19-/m0/s1. The maximum Gasteiger partial charge on any atom is 0.312 e. The fourth-order valence-electron chi connectivity index (χ4n) is 3.08. The summed E-state index contributed by atoms with van der Waals surface area (Å²) in [5.74, 6) is -0.221. The molecule has 3 rings (SSSR count). The lowest BCUT2D eigenvalue weighted by Crippen LogP contribution is -2.36. The molecular weight excluding hydrogens is 390 g/mol. The molecule has 0 saturated heterocycles. The molecule has 7 nitrogen and oxygen atoms in total. The van der Waals surface area contributed by atoms with Crippen LogP contribution in [0.1, 0.15) is 29.2 Å². The predicted molar refractivity (Wildman–Crippen MR) is 111 cm³/mol. The van der Waals surface area contributed by atoms with Crippen molar-refractivity contribution in [1.82, 2.24) is 20.2 Å². The van der Waals surface area contributed by atoms with Crippen molar-refractivity contribution in [2.75, 3.05) is 0 Å². The molecule has 0 radical (unpaired) electrons. The molecule has 8 heteroatoms. The Hall–Kier alpha value is -3.32. The molecule has 0 aliphatic rings. The summed E-state index contributed by atoms with van der Waals surface area (Å²) in [5, 5.41) is 5.97. The van der Waals surface area contributed by atoms with E-state index in [0.29, 0.717) is 23.7 Å². The van der Waals surface area contributed by atoms with E-state index in [9.17, 15) is 9.59 Å². The van der Waals surface area contributed by atoms with Crippen molar-refractivity contribution in [3.8, 4) is 0 Å². The summed E-state index contributed by atoms with van der Waals surface area (Å²) in [6.07, 6.45) is 5.39. The van der Waals surface area contributed by atoms with E-state index >= 15 is 0 Å². The molecule has 1 aromatic heterocycles. The van der Waals surface area contributed by atoms with Gasteiger partial charge in [-0.3, -0.25) is 4.79 Å². The largest absolute Gasteiger partial charge is 0.352 e. The first-order chi connectivity index (χ1) is 14.0. The van der Waals surface area contributed by atoms with Gasteiger partial charge in [-0.2, -0.15) is 0 Å². The van der Waals surface area contributed by atoms with Crippen LogP contribution >= 0.6 is 11.6 Å². The number of carbonyl (C=O) groups is 2. The number of rotatable bonds is 8. The summed E-state index contributed by atoms with van der Waals surface area (Å²) in [6, 6.07) is 13.6. The van der Waals surface area contributed by atoms with E-state index < -0.39 is 12.1 Å². The van der Waals surface area contributed by atoms with Crippen molar-refractivity contribution in [2.24, 2.45) is 5.73 Å². The van der Waals surface area contributed by atoms with Gasteiger partial charge in [0.1, 0.15) is 0 Å². The molecule has 2 aromatic carbocycles. The Morgan fingerprint density at radius 2 is 1.83 bits per heavy atom. The third kappa shape index (κ3) is 5.83. The number of nitrogens with zero attached hydrogens (tertiary/aromatic N) is 2. The number of benzene rings is 2. The molecule has 1 heterocycles. The van der Waals surface area contributed by atoms with Gasteiger partial charge in [0.25, 0.3) is 0 Å². The van der Waals surface area contributed by atoms with E-state index in [1.165, 1.54) is 0 Å². The van der Waals surface area contributed by atoms with Gasteiger partial charge in [0.2, 0.25) is 5.91 Å². The summed E-state index contributed by atoms with van der Waals surface area (Å²) in [5.41, 5.74) is 8.01. The van der Waals surface area contributed by atoms with Gasteiger partial charge >= 0.3 is 6.03 Å². The van der Waals surface area contributed by atoms with Crippen LogP contribution < -0.4 is 16.4 Å². The smallest absolute Gasteiger partial charge is 0.312 e. The van der Waals surface area contributed by atoms with E-state index in [4.69, 9.17) is 17.3 Å². The molecule has 29 heavy (non-hydrogen) atoms. The first-order valence-corrected chi connectivity index (χ1v) is 9.50. The summed E-state index contributed by atoms with van der Waals surface area (Å²) in [6.45, 7) is 1.03. The topological polar surface area (TPSA) is 102 Å². The second-order valence-corrected chi connectivity index (χ2v) is 6.97. The molecule has 4 N–H and O–H groups in total. The van der Waals surface area contributed by atoms with Gasteiger partial charge < -0.3 is 20.9 Å². The summed E-state index contributed by atoms with van der Waals surface area (Å²) in [4.78, 5) is 28.0. The second kappa shape index (κ2) is 9.75. The van der Waals surface area contributed by atoms with E-state index in [0.717, 1.165) is 11.1 Å². The van der Waals surface area contributed by atoms with Gasteiger partial charge in [-0.15, -0.1) is 0 Å². The van der Waals surface area contributed by atoms with Crippen LogP contribution in [0.2, 0.25) is 5.02 Å². The Morgan fingerprint density at radius 1 is 1.10 bits per heavy atom. The van der Waals surface area contributed by atoms with Crippen LogP contribution in [0.4, 0.5) is 4.79 Å². The Morgan fingerprint density at radius 3 is 2.52 bits per heavy atom. The minimum absolute atomic E-state index is 0.0242. The number of urea groups is 1. The molecule has 3 amide bonds. The van der Waals surface area contributed by atoms with Crippen LogP contribution in [0.15, 0.2) is 67.3 Å². The number of nitrogens with two attached hydrogens (primary N) is 1.